The zero-order valence-electron chi connectivity index (χ0n) is 7.55. The molecule has 0 rings (SSSR count). The summed E-state index contributed by atoms with van der Waals surface area (Å²) in [5.74, 6) is -0.865. The third kappa shape index (κ3) is 3.45. The molecule has 0 radical (unpaired) electrons. The van der Waals surface area contributed by atoms with Crippen LogP contribution in [0.1, 0.15) is 12.8 Å². The summed E-state index contributed by atoms with van der Waals surface area (Å²) in [5, 5.41) is 0. The van der Waals surface area contributed by atoms with E-state index >= 15 is 0 Å². The second-order valence-corrected chi connectivity index (χ2v) is 3.73. The van der Waals surface area contributed by atoms with Crippen molar-refractivity contribution in [2.45, 2.75) is 30.9 Å². The highest BCUT2D eigenvalue weighted by Gasteiger charge is 2.71. The molecule has 0 spiro atoms. The van der Waals surface area contributed by atoms with Gasteiger partial charge in [-0.15, -0.1) is 0 Å². The van der Waals surface area contributed by atoms with Crippen LogP contribution in [0.5, 0.6) is 0 Å². The van der Waals surface area contributed by atoms with Gasteiger partial charge in [-0.05, 0) is 0 Å². The lowest BCUT2D eigenvalue weighted by Gasteiger charge is -2.29. The molecule has 0 aromatic heterocycles. The zero-order chi connectivity index (χ0) is 13.2. The summed E-state index contributed by atoms with van der Waals surface area (Å²) in [6.07, 6.45) is -15.2. The van der Waals surface area contributed by atoms with Gasteiger partial charge in [-0.1, -0.05) is 22.6 Å². The number of hydrogen-bond donors (Lipinski definition) is 0. The molecule has 1 nitrogen and oxygen atoms in total. The number of carbonyl (C=O) groups excluding carboxylic acids is 1. The van der Waals surface area contributed by atoms with E-state index in [1.165, 1.54) is 22.6 Å². The Morgan fingerprint density at radius 3 is 1.56 bits per heavy atom. The first kappa shape index (κ1) is 15.9. The molecule has 0 heterocycles. The van der Waals surface area contributed by atoms with E-state index in [1.54, 1.807) is 0 Å². The summed E-state index contributed by atoms with van der Waals surface area (Å²) in [6, 6.07) is 0. The average molecular weight is 366 g/mol. The Hall–Kier alpha value is -0.0900. The second kappa shape index (κ2) is 5.05. The van der Waals surface area contributed by atoms with Crippen LogP contribution in [0.3, 0.4) is 0 Å². The topological polar surface area (TPSA) is 17.1 Å². The molecule has 0 saturated heterocycles. The Labute approximate surface area is 99.5 Å². The number of alkyl halides is 8. The first-order chi connectivity index (χ1) is 6.95. The molecular weight excluding hydrogens is 360 g/mol. The van der Waals surface area contributed by atoms with Gasteiger partial charge in [0.25, 0.3) is 5.67 Å². The van der Waals surface area contributed by atoms with Crippen LogP contribution in [-0.4, -0.2) is 28.2 Å². The molecule has 0 aliphatic carbocycles. The standard InChI is InChI=1S/C7H6F7IO/c8-5(6(9,10)11,7(12,13)14)2-1-4(16)3-15/h1-3H2. The Balaban J connectivity index is 4.92. The van der Waals surface area contributed by atoms with E-state index in [9.17, 15) is 35.5 Å². The van der Waals surface area contributed by atoms with Crippen molar-refractivity contribution in [2.24, 2.45) is 0 Å². The van der Waals surface area contributed by atoms with Gasteiger partial charge in [0, 0.05) is 12.8 Å². The third-order valence-corrected chi connectivity index (χ3v) is 2.65. The fourth-order valence-electron chi connectivity index (χ4n) is 0.823. The van der Waals surface area contributed by atoms with Crippen molar-refractivity contribution in [3.05, 3.63) is 0 Å². The minimum atomic E-state index is -6.07. The molecule has 0 bridgehead atoms. The molecule has 0 amide bonds. The largest absolute Gasteiger partial charge is 0.431 e. The molecule has 16 heavy (non-hydrogen) atoms. The lowest BCUT2D eigenvalue weighted by Crippen LogP contribution is -2.53. The predicted octanol–water partition coefficient (Wildman–Crippen LogP) is 3.60. The van der Waals surface area contributed by atoms with Gasteiger partial charge < -0.3 is 0 Å². The highest BCUT2D eigenvalue weighted by atomic mass is 127. The van der Waals surface area contributed by atoms with E-state index < -0.39 is 36.6 Å². The van der Waals surface area contributed by atoms with Crippen LogP contribution in [0, 0.1) is 0 Å². The number of hydrogen-bond acceptors (Lipinski definition) is 1. The quantitative estimate of drug-likeness (QED) is 0.422. The van der Waals surface area contributed by atoms with Crippen LogP contribution in [0.2, 0.25) is 0 Å². The molecule has 0 fully saturated rings. The van der Waals surface area contributed by atoms with Gasteiger partial charge in [-0.3, -0.25) is 4.79 Å². The van der Waals surface area contributed by atoms with Gasteiger partial charge in [0.15, 0.2) is 0 Å². The van der Waals surface area contributed by atoms with E-state index in [1.807, 2.05) is 0 Å². The maximum absolute atomic E-state index is 12.9. The Bertz CT molecular complexity index is 242. The van der Waals surface area contributed by atoms with Gasteiger partial charge in [0.05, 0.1) is 4.43 Å². The normalized spacial score (nSPS) is 14.0. The fourth-order valence-corrected chi connectivity index (χ4v) is 1.20. The number of halogens is 8. The first-order valence-corrected chi connectivity index (χ1v) is 5.38. The Kier molecular flexibility index (Phi) is 5.02. The van der Waals surface area contributed by atoms with Crippen molar-refractivity contribution in [1.29, 1.82) is 0 Å². The number of carbonyl (C=O) groups is 1. The molecular formula is C7H6F7IO. The Morgan fingerprint density at radius 1 is 0.938 bits per heavy atom. The van der Waals surface area contributed by atoms with E-state index in [0.717, 1.165) is 0 Å². The molecule has 0 aromatic carbocycles. The van der Waals surface area contributed by atoms with Crippen molar-refractivity contribution in [2.75, 3.05) is 4.43 Å². The minimum absolute atomic E-state index is 0.260. The molecule has 0 atom stereocenters. The Morgan fingerprint density at radius 2 is 1.31 bits per heavy atom. The molecule has 0 aromatic rings. The van der Waals surface area contributed by atoms with Gasteiger partial charge >= 0.3 is 12.4 Å². The lowest BCUT2D eigenvalue weighted by atomic mass is 9.97. The van der Waals surface area contributed by atoms with Crippen LogP contribution < -0.4 is 0 Å². The maximum atomic E-state index is 12.9. The van der Waals surface area contributed by atoms with Crippen molar-refractivity contribution in [1.82, 2.24) is 0 Å². The van der Waals surface area contributed by atoms with Crippen LogP contribution in [0.4, 0.5) is 30.7 Å². The van der Waals surface area contributed by atoms with Gasteiger partial charge in [-0.2, -0.15) is 26.3 Å². The molecule has 9 heteroatoms. The number of Topliss-reactive ketones (excluding diaryl/α,β-unsaturated/α-hetero) is 1. The van der Waals surface area contributed by atoms with Crippen molar-refractivity contribution < 1.29 is 35.5 Å². The van der Waals surface area contributed by atoms with E-state index in [4.69, 9.17) is 0 Å². The van der Waals surface area contributed by atoms with Crippen molar-refractivity contribution >= 4 is 28.4 Å². The summed E-state index contributed by atoms with van der Waals surface area (Å²) in [7, 11) is 0. The molecule has 0 unspecified atom stereocenters. The zero-order valence-corrected chi connectivity index (χ0v) is 9.71. The van der Waals surface area contributed by atoms with Crippen LogP contribution in [0.25, 0.3) is 0 Å². The third-order valence-electron chi connectivity index (χ3n) is 1.80. The summed E-state index contributed by atoms with van der Waals surface area (Å²) >= 11 is 1.47. The maximum Gasteiger partial charge on any atom is 0.431 e. The summed E-state index contributed by atoms with van der Waals surface area (Å²) < 4.78 is 84.3. The number of ketones is 1. The summed E-state index contributed by atoms with van der Waals surface area (Å²) in [5.41, 5.74) is -5.32. The molecule has 0 saturated carbocycles. The summed E-state index contributed by atoms with van der Waals surface area (Å²) in [6.45, 7) is 0. The monoisotopic (exact) mass is 366 g/mol. The van der Waals surface area contributed by atoms with Crippen LogP contribution in [0.15, 0.2) is 0 Å². The van der Waals surface area contributed by atoms with Crippen LogP contribution in [-0.2, 0) is 4.79 Å². The second-order valence-electron chi connectivity index (χ2n) is 2.97. The van der Waals surface area contributed by atoms with Gasteiger partial charge in [-0.25, -0.2) is 4.39 Å². The highest BCUT2D eigenvalue weighted by Crippen LogP contribution is 2.48. The van der Waals surface area contributed by atoms with Crippen molar-refractivity contribution in [3.8, 4) is 0 Å². The van der Waals surface area contributed by atoms with Gasteiger partial charge in [0.1, 0.15) is 5.78 Å². The van der Waals surface area contributed by atoms with E-state index in [0.29, 0.717) is 0 Å². The van der Waals surface area contributed by atoms with Gasteiger partial charge in [0.2, 0.25) is 0 Å². The minimum Gasteiger partial charge on any atom is -0.299 e. The first-order valence-electron chi connectivity index (χ1n) is 3.85. The molecule has 96 valence electrons. The lowest BCUT2D eigenvalue weighted by molar-refractivity contribution is -0.342. The van der Waals surface area contributed by atoms with E-state index in [-0.39, 0.29) is 4.43 Å². The van der Waals surface area contributed by atoms with Crippen molar-refractivity contribution in [3.63, 3.8) is 0 Å². The average Bonchev–Trinajstić information content (AvgIpc) is 2.09. The molecule has 0 aliphatic heterocycles. The fraction of sp³-hybridized carbons (Fsp3) is 0.857. The van der Waals surface area contributed by atoms with E-state index in [2.05, 4.69) is 0 Å². The smallest absolute Gasteiger partial charge is 0.299 e. The SMILES string of the molecule is O=C(CI)CCC(F)(C(F)(F)F)C(F)(F)F. The van der Waals surface area contributed by atoms with Crippen LogP contribution >= 0.6 is 22.6 Å². The summed E-state index contributed by atoms with van der Waals surface area (Å²) in [4.78, 5) is 10.6. The predicted molar refractivity (Wildman–Crippen MR) is 49.1 cm³/mol. The molecule has 0 aliphatic rings. The molecule has 0 N–H and O–H groups in total. The highest BCUT2D eigenvalue weighted by molar-refractivity contribution is 14.1. The number of rotatable bonds is 4.